The molecule has 0 atom stereocenters. The SMILES string of the molecule is c1ccc([Si]2(c3ccccc3)n3c(nc4ccccc43)N(c3ccc4c5ccccc5c5ccccc5c4c3)c3nc4c(-c5ccc6c(c5)nc5n6[Si](c6cccc7ccccc67)(c6cccc7ccccc67)n6c(nc7ccccc76)N5c5ccc6ccc7ccccc7c6c5)cccc4n32)cc1. The molecule has 0 radical (unpaired) electrons. The van der Waals surface area contributed by atoms with E-state index in [1.54, 1.807) is 0 Å². The smallest absolute Gasteiger partial charge is 0.310 e. The first kappa shape index (κ1) is 57.3. The molecule has 10 nitrogen and oxygen atoms in total. The summed E-state index contributed by atoms with van der Waals surface area (Å²) < 4.78 is 10.6. The monoisotopic (exact) mass is 1360 g/mol. The summed E-state index contributed by atoms with van der Waals surface area (Å²) in [5.74, 6) is 3.20. The van der Waals surface area contributed by atoms with E-state index < -0.39 is 16.8 Å². The van der Waals surface area contributed by atoms with E-state index in [1.165, 1.54) is 80.0 Å². The number of para-hydroxylation sites is 5. The van der Waals surface area contributed by atoms with E-state index in [-0.39, 0.29) is 0 Å². The summed E-state index contributed by atoms with van der Waals surface area (Å²) in [5, 5.41) is 21.5. The summed E-state index contributed by atoms with van der Waals surface area (Å²) in [6, 6.07) is 130. The number of rotatable bonds is 7. The fraction of sp³-hybridized carbons (Fsp3) is 0. The second kappa shape index (κ2) is 21.5. The maximum atomic E-state index is 6.18. The Labute approximate surface area is 598 Å². The minimum Gasteiger partial charge on any atom is -0.310 e. The van der Waals surface area contributed by atoms with Crippen LogP contribution in [0.4, 0.5) is 35.2 Å². The maximum Gasteiger partial charge on any atom is 0.346 e. The van der Waals surface area contributed by atoms with Crippen molar-refractivity contribution in [1.29, 1.82) is 0 Å². The van der Waals surface area contributed by atoms with Gasteiger partial charge < -0.3 is 16.9 Å². The average molecular weight is 1360 g/mol. The first-order valence-corrected chi connectivity index (χ1v) is 39.3. The van der Waals surface area contributed by atoms with Gasteiger partial charge in [0.2, 0.25) is 23.8 Å². The molecule has 4 aromatic heterocycles. The molecule has 6 heterocycles. The van der Waals surface area contributed by atoms with Crippen LogP contribution in [0.15, 0.2) is 352 Å². The van der Waals surface area contributed by atoms with Gasteiger partial charge in [0.15, 0.2) is 0 Å². The predicted octanol–water partition coefficient (Wildman–Crippen LogP) is 19.7. The lowest BCUT2D eigenvalue weighted by molar-refractivity contribution is 0.943. The number of hydrogen-bond acceptors (Lipinski definition) is 6. The second-order valence-corrected chi connectivity index (χ2v) is 34.4. The first-order chi connectivity index (χ1) is 51.6. The van der Waals surface area contributed by atoms with Crippen LogP contribution in [-0.2, 0) is 0 Å². The van der Waals surface area contributed by atoms with Crippen molar-refractivity contribution in [2.45, 2.75) is 0 Å². The summed E-state index contributed by atoms with van der Waals surface area (Å²) in [6.07, 6.45) is 0. The van der Waals surface area contributed by atoms with Crippen LogP contribution in [0.1, 0.15) is 0 Å². The van der Waals surface area contributed by atoms with Crippen molar-refractivity contribution in [3.8, 4) is 11.1 Å². The lowest BCUT2D eigenvalue weighted by Gasteiger charge is -2.44. The van der Waals surface area contributed by atoms with Crippen LogP contribution < -0.4 is 30.5 Å². The van der Waals surface area contributed by atoms with Crippen molar-refractivity contribution in [3.05, 3.63) is 352 Å². The molecule has 0 spiro atoms. The highest BCUT2D eigenvalue weighted by Crippen LogP contribution is 2.51. The van der Waals surface area contributed by atoms with Crippen molar-refractivity contribution in [2.24, 2.45) is 0 Å². The Morgan fingerprint density at radius 2 is 0.606 bits per heavy atom. The highest BCUT2D eigenvalue weighted by molar-refractivity contribution is 7.04. The molecule has 12 heteroatoms. The number of hydrogen-bond donors (Lipinski definition) is 0. The van der Waals surface area contributed by atoms with E-state index in [2.05, 4.69) is 379 Å². The predicted molar refractivity (Wildman–Crippen MR) is 434 cm³/mol. The van der Waals surface area contributed by atoms with Gasteiger partial charge in [-0.2, -0.15) is 0 Å². The van der Waals surface area contributed by atoms with Gasteiger partial charge in [-0.25, -0.2) is 19.9 Å². The molecule has 17 aromatic carbocycles. The van der Waals surface area contributed by atoms with E-state index in [0.29, 0.717) is 0 Å². The maximum absolute atomic E-state index is 6.18. The fourth-order valence-corrected chi connectivity index (χ4v) is 28.3. The van der Waals surface area contributed by atoms with Gasteiger partial charge in [0, 0.05) is 5.56 Å². The molecular weight excluding hydrogens is 1300 g/mol. The zero-order valence-corrected chi connectivity index (χ0v) is 58.0. The molecule has 23 rings (SSSR count). The van der Waals surface area contributed by atoms with Crippen molar-refractivity contribution in [2.75, 3.05) is 9.80 Å². The zero-order valence-electron chi connectivity index (χ0n) is 56.0. The third-order valence-electron chi connectivity index (χ3n) is 22.5. The minimum absolute atomic E-state index is 0.790. The average Bonchev–Trinajstić information content (AvgIpc) is 1.40. The third kappa shape index (κ3) is 7.65. The highest BCUT2D eigenvalue weighted by Gasteiger charge is 2.56. The summed E-state index contributed by atoms with van der Waals surface area (Å²) >= 11 is 0. The number of imidazole rings is 4. The Hall–Kier alpha value is -13.5. The van der Waals surface area contributed by atoms with Crippen LogP contribution in [0.3, 0.4) is 0 Å². The standard InChI is InChI=1S/C92H58N10Si2/c1-3-29-66(30-4-1)103(67-31-5-2-6-32-67)99-82-43-19-17-41-79(82)93-89(99)98(65-53-54-76-74-38-14-13-36-72(74)73-37-15-16-39-75(73)78(76)58-65)92-96-88-71(40-23-45-85(88)102(92)103)63-51-55-84-81(56-63)95-91-97(64-52-50-62-49-48-61-26-7-10-33-68(61)77(62)57-64)90-94-80-42-18-20-44-83(80)100(90)104(101(84)91,86-46-21-27-59-24-8-11-34-69(59)86)87-47-22-28-60-25-9-12-35-70(60)87/h1-58H. The molecule has 2 aliphatic heterocycles. The number of aromatic nitrogens is 8. The van der Waals surface area contributed by atoms with E-state index in [9.17, 15) is 0 Å². The molecule has 0 fully saturated rings. The summed E-state index contributed by atoms with van der Waals surface area (Å²) in [4.78, 5) is 28.7. The molecule has 0 amide bonds. The van der Waals surface area contributed by atoms with E-state index in [1.807, 2.05) is 0 Å². The van der Waals surface area contributed by atoms with E-state index >= 15 is 0 Å². The molecule has 0 N–H and O–H groups in total. The second-order valence-electron chi connectivity index (χ2n) is 27.7. The molecule has 0 saturated heterocycles. The molecular formula is C92H58N10Si2. The quantitative estimate of drug-likeness (QED) is 0.117. The van der Waals surface area contributed by atoms with Crippen LogP contribution in [0.2, 0.25) is 0 Å². The Morgan fingerprint density at radius 1 is 0.221 bits per heavy atom. The van der Waals surface area contributed by atoms with Crippen molar-refractivity contribution in [3.63, 3.8) is 0 Å². The van der Waals surface area contributed by atoms with Gasteiger partial charge in [-0.3, -0.25) is 9.80 Å². The van der Waals surface area contributed by atoms with Gasteiger partial charge in [-0.15, -0.1) is 0 Å². The Bertz CT molecular complexity index is 7070. The Morgan fingerprint density at radius 3 is 1.19 bits per heavy atom. The van der Waals surface area contributed by atoms with Crippen molar-refractivity contribution >= 4 is 192 Å². The fourth-order valence-electron chi connectivity index (χ4n) is 18.2. The molecule has 0 bridgehead atoms. The minimum atomic E-state index is -3.82. The summed E-state index contributed by atoms with van der Waals surface area (Å²) in [6.45, 7) is 0. The van der Waals surface area contributed by atoms with Crippen molar-refractivity contribution < 1.29 is 0 Å². The molecule has 104 heavy (non-hydrogen) atoms. The zero-order chi connectivity index (χ0) is 67.9. The van der Waals surface area contributed by atoms with Gasteiger partial charge in [-0.05, 0) is 168 Å². The van der Waals surface area contributed by atoms with E-state index in [0.717, 1.165) is 107 Å². The van der Waals surface area contributed by atoms with Crippen LogP contribution in [-0.4, -0.2) is 53.7 Å². The van der Waals surface area contributed by atoms with Crippen LogP contribution >= 0.6 is 0 Å². The Balaban J connectivity index is 0.832. The third-order valence-corrected chi connectivity index (χ3v) is 31.5. The number of nitrogens with zero attached hydrogens (tertiary/aromatic N) is 10. The molecule has 2 aliphatic rings. The topological polar surface area (TPSA) is 77.8 Å². The van der Waals surface area contributed by atoms with Gasteiger partial charge in [0.05, 0.1) is 55.5 Å². The van der Waals surface area contributed by atoms with E-state index in [4.69, 9.17) is 19.9 Å². The number of anilines is 6. The van der Waals surface area contributed by atoms with Gasteiger partial charge >= 0.3 is 16.8 Å². The lowest BCUT2D eigenvalue weighted by atomic mass is 9.94. The van der Waals surface area contributed by atoms with Gasteiger partial charge in [0.1, 0.15) is 0 Å². The van der Waals surface area contributed by atoms with Crippen LogP contribution in [0.25, 0.3) is 131 Å². The van der Waals surface area contributed by atoms with Gasteiger partial charge in [0.25, 0.3) is 0 Å². The van der Waals surface area contributed by atoms with Gasteiger partial charge in [-0.1, -0.05) is 285 Å². The van der Waals surface area contributed by atoms with Crippen LogP contribution in [0, 0.1) is 0 Å². The number of benzene rings is 17. The molecule has 0 unspecified atom stereocenters. The molecule has 0 aliphatic carbocycles. The molecule has 0 saturated carbocycles. The van der Waals surface area contributed by atoms with Crippen molar-refractivity contribution in [1.82, 2.24) is 36.9 Å². The first-order valence-electron chi connectivity index (χ1n) is 35.5. The highest BCUT2D eigenvalue weighted by atomic mass is 28.4. The molecule has 484 valence electrons. The largest absolute Gasteiger partial charge is 0.346 e. The lowest BCUT2D eigenvalue weighted by Crippen LogP contribution is -2.72. The molecule has 21 aromatic rings. The summed E-state index contributed by atoms with van der Waals surface area (Å²) in [7, 11) is -7.40. The Kier molecular flexibility index (Phi) is 11.8. The van der Waals surface area contributed by atoms with Crippen LogP contribution in [0.5, 0.6) is 0 Å². The summed E-state index contributed by atoms with van der Waals surface area (Å²) in [5.41, 5.74) is 11.6. The normalized spacial score (nSPS) is 13.9. The number of fused-ring (bicyclic) bond motifs is 23.